The molecule has 12 heteroatoms. The topological polar surface area (TPSA) is 59.8 Å². The summed E-state index contributed by atoms with van der Waals surface area (Å²) in [6, 6.07) is 9.09. The molecule has 0 saturated carbocycles. The predicted molar refractivity (Wildman–Crippen MR) is 92.6 cm³/mol. The van der Waals surface area contributed by atoms with Crippen LogP contribution in [0.1, 0.15) is 16.2 Å². The van der Waals surface area contributed by atoms with E-state index in [4.69, 9.17) is 0 Å². The number of hydrogen-bond acceptors (Lipinski definition) is 4. The van der Waals surface area contributed by atoms with Gasteiger partial charge in [-0.05, 0) is 48.5 Å². The summed E-state index contributed by atoms with van der Waals surface area (Å²) in [6.07, 6.45) is -4.98. The summed E-state index contributed by atoms with van der Waals surface area (Å²) >= 11 is 0.283. The maximum absolute atomic E-state index is 13.6. The first-order valence-electron chi connectivity index (χ1n) is 7.80. The molecule has 29 heavy (non-hydrogen) atoms. The van der Waals surface area contributed by atoms with E-state index in [1.165, 1.54) is 24.3 Å². The lowest BCUT2D eigenvalue weighted by atomic mass is 10.2. The molecule has 0 aliphatic heterocycles. The summed E-state index contributed by atoms with van der Waals surface area (Å²) in [6.45, 7) is 0. The molecule has 0 radical (unpaired) electrons. The first kappa shape index (κ1) is 20.7. The molecule has 0 aliphatic rings. The van der Waals surface area contributed by atoms with E-state index < -0.39 is 35.0 Å². The summed E-state index contributed by atoms with van der Waals surface area (Å²) in [4.78, 5) is 12.5. The number of hydrogen-bond donors (Lipinski definition) is 1. The van der Waals surface area contributed by atoms with Crippen LogP contribution in [-0.2, 0) is 6.18 Å². The average molecular weight is 432 g/mol. The van der Waals surface area contributed by atoms with Gasteiger partial charge >= 0.3 is 6.18 Å². The van der Waals surface area contributed by atoms with Crippen molar-refractivity contribution in [3.8, 4) is 5.69 Å². The molecule has 0 unspecified atom stereocenters. The lowest BCUT2D eigenvalue weighted by Gasteiger charge is -2.11. The van der Waals surface area contributed by atoms with Crippen LogP contribution in [0.25, 0.3) is 5.69 Å². The first-order valence-corrected chi connectivity index (χ1v) is 8.68. The van der Waals surface area contributed by atoms with Crippen LogP contribution in [0.3, 0.4) is 0 Å². The third-order valence-corrected chi connectivity index (χ3v) is 4.28. The van der Waals surface area contributed by atoms with E-state index in [2.05, 4.69) is 15.6 Å². The van der Waals surface area contributed by atoms with Crippen molar-refractivity contribution in [1.29, 1.82) is 0 Å². The zero-order chi connectivity index (χ0) is 21.2. The number of nitrogens with zero attached hydrogens (tertiary/aromatic N) is 3. The van der Waals surface area contributed by atoms with Crippen LogP contribution in [0.2, 0.25) is 0 Å². The zero-order valence-electron chi connectivity index (χ0n) is 14.1. The number of carbonyl (C=O) groups is 1. The Morgan fingerprint density at radius 3 is 2.21 bits per heavy atom. The van der Waals surface area contributed by atoms with Crippen molar-refractivity contribution in [1.82, 2.24) is 15.0 Å². The molecule has 152 valence electrons. The van der Waals surface area contributed by atoms with E-state index in [-0.39, 0.29) is 28.0 Å². The number of nitrogens with one attached hydrogen (secondary N) is 1. The van der Waals surface area contributed by atoms with Gasteiger partial charge in [0, 0.05) is 10.6 Å². The van der Waals surface area contributed by atoms with Gasteiger partial charge in [0.15, 0.2) is 11.4 Å². The van der Waals surface area contributed by atoms with Crippen LogP contribution < -0.4 is 5.32 Å². The molecule has 5 nitrogen and oxygen atoms in total. The van der Waals surface area contributed by atoms with Crippen molar-refractivity contribution >= 4 is 23.4 Å². The zero-order valence-corrected chi connectivity index (χ0v) is 14.9. The Labute approximate surface area is 163 Å². The third kappa shape index (κ3) is 4.88. The highest BCUT2D eigenvalue weighted by molar-refractivity contribution is 7.99. The molecule has 0 aliphatic carbocycles. The fourth-order valence-corrected chi connectivity index (χ4v) is 2.86. The minimum atomic E-state index is -4.98. The van der Waals surface area contributed by atoms with Crippen LogP contribution >= 0.6 is 11.8 Å². The highest BCUT2D eigenvalue weighted by atomic mass is 32.2. The Morgan fingerprint density at radius 1 is 1.03 bits per heavy atom. The number of benzene rings is 2. The van der Waals surface area contributed by atoms with Crippen LogP contribution in [0, 0.1) is 5.82 Å². The fraction of sp³-hybridized carbons (Fsp3) is 0.118. The van der Waals surface area contributed by atoms with Gasteiger partial charge in [0.25, 0.3) is 11.7 Å². The van der Waals surface area contributed by atoms with E-state index in [1.54, 1.807) is 0 Å². The number of alkyl halides is 5. The van der Waals surface area contributed by atoms with E-state index in [1.807, 2.05) is 0 Å². The van der Waals surface area contributed by atoms with Crippen molar-refractivity contribution in [3.05, 3.63) is 65.7 Å². The van der Waals surface area contributed by atoms with Crippen molar-refractivity contribution in [2.75, 3.05) is 5.32 Å². The van der Waals surface area contributed by atoms with Crippen molar-refractivity contribution < 1.29 is 31.1 Å². The minimum Gasteiger partial charge on any atom is -0.321 e. The van der Waals surface area contributed by atoms with Gasteiger partial charge in [0.05, 0.1) is 5.69 Å². The monoisotopic (exact) mass is 432 g/mol. The number of amides is 1. The summed E-state index contributed by atoms with van der Waals surface area (Å²) in [5, 5.41) is 8.90. The van der Waals surface area contributed by atoms with Crippen LogP contribution in [-0.4, -0.2) is 26.7 Å². The third-order valence-electron chi connectivity index (χ3n) is 3.56. The van der Waals surface area contributed by atoms with Crippen LogP contribution in [0.5, 0.6) is 0 Å². The molecule has 0 atom stereocenters. The molecule has 1 aromatic heterocycles. The Hall–Kier alpha value is -3.02. The van der Waals surface area contributed by atoms with Gasteiger partial charge in [-0.2, -0.15) is 22.0 Å². The van der Waals surface area contributed by atoms with Gasteiger partial charge in [0.2, 0.25) is 0 Å². The molecule has 0 fully saturated rings. The number of rotatable bonds is 5. The number of aromatic nitrogens is 3. The molecule has 1 N–H and O–H groups in total. The summed E-state index contributed by atoms with van der Waals surface area (Å²) in [5.41, 5.74) is -2.49. The largest absolute Gasteiger partial charge is 0.435 e. The van der Waals surface area contributed by atoms with Gasteiger partial charge in [-0.1, -0.05) is 17.0 Å². The molecule has 0 saturated heterocycles. The van der Waals surface area contributed by atoms with Gasteiger partial charge in [0.1, 0.15) is 5.82 Å². The highest BCUT2D eigenvalue weighted by Gasteiger charge is 2.42. The van der Waals surface area contributed by atoms with E-state index in [0.29, 0.717) is 4.68 Å². The quantitative estimate of drug-likeness (QED) is 0.456. The van der Waals surface area contributed by atoms with E-state index >= 15 is 0 Å². The maximum atomic E-state index is 13.6. The standard InChI is InChI=1S/C17H10F6N4OS/c18-9-1-5-11(6-2-9)27-14(17(21,22)23)13(25-26-27)15(28)24-10-3-7-12(8-4-10)29-16(19)20/h1-8,16H,(H,24,28). The fourth-order valence-electron chi connectivity index (χ4n) is 2.36. The molecule has 2 aromatic carbocycles. The highest BCUT2D eigenvalue weighted by Crippen LogP contribution is 2.33. The maximum Gasteiger partial charge on any atom is 0.435 e. The number of carbonyl (C=O) groups excluding carboxylic acids is 1. The summed E-state index contributed by atoms with van der Waals surface area (Å²) in [7, 11) is 0. The molecular weight excluding hydrogens is 422 g/mol. The average Bonchev–Trinajstić information content (AvgIpc) is 3.09. The lowest BCUT2D eigenvalue weighted by molar-refractivity contribution is -0.143. The lowest BCUT2D eigenvalue weighted by Crippen LogP contribution is -2.21. The number of anilines is 1. The molecule has 3 aromatic rings. The summed E-state index contributed by atoms with van der Waals surface area (Å²) < 4.78 is 78.7. The van der Waals surface area contributed by atoms with Crippen LogP contribution in [0.15, 0.2) is 53.4 Å². The minimum absolute atomic E-state index is 0.0815. The second-order valence-corrected chi connectivity index (χ2v) is 6.59. The SMILES string of the molecule is O=C(Nc1ccc(SC(F)F)cc1)c1nnn(-c2ccc(F)cc2)c1C(F)(F)F. The Bertz CT molecular complexity index is 1000. The smallest absolute Gasteiger partial charge is 0.321 e. The van der Waals surface area contributed by atoms with Gasteiger partial charge in [-0.25, -0.2) is 9.07 Å². The molecule has 0 bridgehead atoms. The predicted octanol–water partition coefficient (Wildman–Crippen LogP) is 4.99. The van der Waals surface area contributed by atoms with Crippen LogP contribution in [0.4, 0.5) is 32.0 Å². The Balaban J connectivity index is 1.90. The second kappa shape index (κ2) is 8.15. The van der Waals surface area contributed by atoms with Gasteiger partial charge < -0.3 is 5.32 Å². The van der Waals surface area contributed by atoms with Gasteiger partial charge in [-0.3, -0.25) is 4.79 Å². The van der Waals surface area contributed by atoms with E-state index in [0.717, 1.165) is 24.3 Å². The Kier molecular flexibility index (Phi) is 5.82. The molecule has 1 amide bonds. The molecular formula is C17H10F6N4OS. The summed E-state index contributed by atoms with van der Waals surface area (Å²) in [5.74, 6) is -4.49. The van der Waals surface area contributed by atoms with Crippen molar-refractivity contribution in [2.45, 2.75) is 16.8 Å². The molecule has 3 rings (SSSR count). The van der Waals surface area contributed by atoms with Crippen molar-refractivity contribution in [2.24, 2.45) is 0 Å². The molecule has 1 heterocycles. The normalized spacial score (nSPS) is 11.7. The number of thioether (sulfide) groups is 1. The number of halogens is 6. The molecule has 0 spiro atoms. The van der Waals surface area contributed by atoms with E-state index in [9.17, 15) is 31.1 Å². The van der Waals surface area contributed by atoms with Gasteiger partial charge in [-0.15, -0.1) is 5.10 Å². The first-order chi connectivity index (χ1) is 13.6. The Morgan fingerprint density at radius 2 is 1.66 bits per heavy atom. The second-order valence-electron chi connectivity index (χ2n) is 5.53. The van der Waals surface area contributed by atoms with Crippen molar-refractivity contribution in [3.63, 3.8) is 0 Å².